The molecule has 4 rings (SSSR count). The van der Waals surface area contributed by atoms with Crippen molar-refractivity contribution in [1.29, 1.82) is 0 Å². The zero-order valence-corrected chi connectivity index (χ0v) is 16.3. The molecule has 4 aromatic rings. The van der Waals surface area contributed by atoms with Crippen molar-refractivity contribution in [2.75, 3.05) is 0 Å². The molecule has 3 aromatic heterocycles. The van der Waals surface area contributed by atoms with Crippen molar-refractivity contribution < 1.29 is 22.3 Å². The van der Waals surface area contributed by atoms with Crippen LogP contribution in [0.4, 0.5) is 8.78 Å². The number of nitrogens with two attached hydrogens (primary N) is 1. The molecular weight excluding hydrogens is 420 g/mol. The molecule has 3 heterocycles. The second-order valence-corrected chi connectivity index (χ2v) is 8.24. The predicted molar refractivity (Wildman–Crippen MR) is 103 cm³/mol. The van der Waals surface area contributed by atoms with E-state index in [2.05, 4.69) is 15.0 Å². The number of nitrogens with zero attached hydrogens (tertiary/aromatic N) is 3. The molecule has 0 aliphatic rings. The summed E-state index contributed by atoms with van der Waals surface area (Å²) in [6.45, 7) is 0.820. The Bertz CT molecular complexity index is 1470. The average molecular weight is 435 g/mol. The first-order valence-corrected chi connectivity index (χ1v) is 10.1. The highest BCUT2D eigenvalue weighted by Crippen LogP contribution is 2.26. The van der Waals surface area contributed by atoms with Gasteiger partial charge >= 0.3 is 5.69 Å². The lowest BCUT2D eigenvalue weighted by molar-refractivity contribution is 0.277. The van der Waals surface area contributed by atoms with E-state index in [1.807, 2.05) is 0 Å². The number of hydrogen-bond acceptors (Lipinski definition) is 6. The quantitative estimate of drug-likeness (QED) is 0.437. The van der Waals surface area contributed by atoms with Crippen molar-refractivity contribution in [3.05, 3.63) is 63.3 Å². The molecule has 0 fully saturated rings. The lowest BCUT2D eigenvalue weighted by Crippen LogP contribution is -2.20. The van der Waals surface area contributed by atoms with Gasteiger partial charge in [-0.25, -0.2) is 37.1 Å². The van der Waals surface area contributed by atoms with Crippen molar-refractivity contribution in [3.63, 3.8) is 0 Å². The molecule has 0 unspecified atom stereocenters. The molecule has 0 amide bonds. The van der Waals surface area contributed by atoms with Gasteiger partial charge in [0.1, 0.15) is 11.6 Å². The van der Waals surface area contributed by atoms with Crippen LogP contribution in [0.3, 0.4) is 0 Å². The number of aliphatic hydroxyl groups excluding tert-OH is 1. The molecule has 0 saturated carbocycles. The Morgan fingerprint density at radius 3 is 2.47 bits per heavy atom. The molecule has 0 spiro atoms. The SMILES string of the molecule is Cc1nc2nc(CO)ccc2c2c1[nH]c(=O)n2Cc1c(F)cc(S(N)(=O)=O)cc1F. The number of aromatic amines is 1. The number of sulfonamides is 1. The Kier molecular flexibility index (Phi) is 4.64. The summed E-state index contributed by atoms with van der Waals surface area (Å²) in [6, 6.07) is 4.35. The molecule has 0 aliphatic heterocycles. The van der Waals surface area contributed by atoms with E-state index in [0.717, 1.165) is 4.57 Å². The van der Waals surface area contributed by atoms with Crippen LogP contribution in [0.1, 0.15) is 17.0 Å². The Balaban J connectivity index is 1.96. The third kappa shape index (κ3) is 3.24. The Labute approximate surface area is 167 Å². The van der Waals surface area contributed by atoms with Gasteiger partial charge in [-0.3, -0.25) is 4.57 Å². The van der Waals surface area contributed by atoms with Crippen LogP contribution in [-0.2, 0) is 23.2 Å². The lowest BCUT2D eigenvalue weighted by Gasteiger charge is -2.10. The van der Waals surface area contributed by atoms with E-state index in [-0.39, 0.29) is 12.3 Å². The molecule has 30 heavy (non-hydrogen) atoms. The average Bonchev–Trinajstić information content (AvgIpc) is 3.00. The topological polar surface area (TPSA) is 144 Å². The van der Waals surface area contributed by atoms with Crippen molar-refractivity contribution in [2.45, 2.75) is 25.0 Å². The number of hydrogen-bond donors (Lipinski definition) is 3. The minimum absolute atomic E-state index is 0.254. The fourth-order valence-electron chi connectivity index (χ4n) is 3.28. The van der Waals surface area contributed by atoms with E-state index < -0.39 is 44.4 Å². The second kappa shape index (κ2) is 6.93. The summed E-state index contributed by atoms with van der Waals surface area (Å²) in [5.41, 5.74) is 0.609. The van der Waals surface area contributed by atoms with E-state index in [9.17, 15) is 27.1 Å². The Hall–Kier alpha value is -3.22. The summed E-state index contributed by atoms with van der Waals surface area (Å²) in [4.78, 5) is 23.0. The molecule has 0 saturated heterocycles. The first-order valence-electron chi connectivity index (χ1n) is 8.60. The highest BCUT2D eigenvalue weighted by atomic mass is 32.2. The third-order valence-electron chi connectivity index (χ3n) is 4.73. The molecule has 0 radical (unpaired) electrons. The Morgan fingerprint density at radius 1 is 1.20 bits per heavy atom. The van der Waals surface area contributed by atoms with Gasteiger partial charge in [-0.05, 0) is 31.2 Å². The number of aromatic nitrogens is 4. The van der Waals surface area contributed by atoms with Crippen molar-refractivity contribution in [3.8, 4) is 0 Å². The summed E-state index contributed by atoms with van der Waals surface area (Å²) in [7, 11) is -4.30. The van der Waals surface area contributed by atoms with Gasteiger partial charge in [-0.1, -0.05) is 0 Å². The number of nitrogens with one attached hydrogen (secondary N) is 1. The number of aryl methyl sites for hydroxylation is 1. The summed E-state index contributed by atoms with van der Waals surface area (Å²) in [5, 5.41) is 14.7. The number of rotatable bonds is 4. The van der Waals surface area contributed by atoms with Gasteiger partial charge in [0, 0.05) is 10.9 Å². The largest absolute Gasteiger partial charge is 0.390 e. The fraction of sp³-hybridized carbons (Fsp3) is 0.167. The zero-order valence-electron chi connectivity index (χ0n) is 15.5. The van der Waals surface area contributed by atoms with Crippen LogP contribution in [0, 0.1) is 18.6 Å². The first kappa shape index (κ1) is 20.1. The van der Waals surface area contributed by atoms with Crippen LogP contribution < -0.4 is 10.8 Å². The smallest absolute Gasteiger partial charge is 0.326 e. The molecule has 4 N–H and O–H groups in total. The van der Waals surface area contributed by atoms with Crippen LogP contribution in [0.5, 0.6) is 0 Å². The monoisotopic (exact) mass is 435 g/mol. The highest BCUT2D eigenvalue weighted by molar-refractivity contribution is 7.89. The van der Waals surface area contributed by atoms with E-state index in [0.29, 0.717) is 39.9 Å². The van der Waals surface area contributed by atoms with Crippen molar-refractivity contribution in [2.24, 2.45) is 5.14 Å². The summed E-state index contributed by atoms with van der Waals surface area (Å²) in [5.74, 6) is -2.31. The first-order chi connectivity index (χ1) is 14.1. The highest BCUT2D eigenvalue weighted by Gasteiger charge is 2.21. The fourth-order valence-corrected chi connectivity index (χ4v) is 3.81. The summed E-state index contributed by atoms with van der Waals surface area (Å²) in [6.07, 6.45) is 0. The van der Waals surface area contributed by atoms with Crippen LogP contribution in [0.2, 0.25) is 0 Å². The standard InChI is InChI=1S/C18H15F2N5O4S/c1-8-15-16(11-3-2-9(7-26)23-17(11)22-8)25(18(27)24-15)6-12-13(19)4-10(5-14(12)20)30(21,28)29/h2-5,26H,6-7H2,1H3,(H,24,27)(H2,21,28,29). The van der Waals surface area contributed by atoms with Gasteiger partial charge in [-0.2, -0.15) is 0 Å². The summed E-state index contributed by atoms with van der Waals surface area (Å²) < 4.78 is 52.9. The molecule has 9 nitrogen and oxygen atoms in total. The van der Waals surface area contributed by atoms with E-state index in [1.165, 1.54) is 0 Å². The van der Waals surface area contributed by atoms with Gasteiger partial charge in [0.15, 0.2) is 5.65 Å². The maximum atomic E-state index is 14.5. The number of imidazole rings is 1. The maximum absolute atomic E-state index is 14.5. The van der Waals surface area contributed by atoms with E-state index in [4.69, 9.17) is 5.14 Å². The van der Waals surface area contributed by atoms with E-state index >= 15 is 0 Å². The normalized spacial score (nSPS) is 12.2. The van der Waals surface area contributed by atoms with Crippen LogP contribution in [0.25, 0.3) is 22.1 Å². The summed E-state index contributed by atoms with van der Waals surface area (Å²) >= 11 is 0. The number of benzene rings is 1. The Morgan fingerprint density at radius 2 is 1.87 bits per heavy atom. The van der Waals surface area contributed by atoms with Gasteiger partial charge in [0.25, 0.3) is 0 Å². The molecule has 1 aromatic carbocycles. The predicted octanol–water partition coefficient (Wildman–Crippen LogP) is 1.05. The van der Waals surface area contributed by atoms with Crippen LogP contribution >= 0.6 is 0 Å². The van der Waals surface area contributed by atoms with Gasteiger partial charge < -0.3 is 10.1 Å². The van der Waals surface area contributed by atoms with Crippen molar-refractivity contribution >= 4 is 32.1 Å². The number of halogens is 2. The number of pyridine rings is 2. The molecule has 0 atom stereocenters. The minimum Gasteiger partial charge on any atom is -0.390 e. The van der Waals surface area contributed by atoms with Crippen molar-refractivity contribution in [1.82, 2.24) is 19.5 Å². The van der Waals surface area contributed by atoms with Gasteiger partial charge in [-0.15, -0.1) is 0 Å². The molecule has 156 valence electrons. The number of fused-ring (bicyclic) bond motifs is 3. The lowest BCUT2D eigenvalue weighted by atomic mass is 10.1. The number of aliphatic hydroxyl groups is 1. The maximum Gasteiger partial charge on any atom is 0.326 e. The van der Waals surface area contributed by atoms with Crippen LogP contribution in [0.15, 0.2) is 34.0 Å². The molecular formula is C18H15F2N5O4S. The van der Waals surface area contributed by atoms with Crippen LogP contribution in [-0.4, -0.2) is 33.0 Å². The number of H-pyrrole nitrogens is 1. The second-order valence-electron chi connectivity index (χ2n) is 6.68. The molecule has 0 bridgehead atoms. The van der Waals surface area contributed by atoms with Gasteiger partial charge in [0.2, 0.25) is 10.0 Å². The van der Waals surface area contributed by atoms with Gasteiger partial charge in [0.05, 0.1) is 40.5 Å². The number of primary sulfonamides is 1. The third-order valence-corrected chi connectivity index (χ3v) is 5.62. The molecule has 0 aliphatic carbocycles. The zero-order chi connectivity index (χ0) is 21.8. The minimum atomic E-state index is -4.30. The molecule has 12 heteroatoms. The van der Waals surface area contributed by atoms with E-state index in [1.54, 1.807) is 19.1 Å².